The van der Waals surface area contributed by atoms with E-state index in [1.54, 1.807) is 0 Å². The number of unbranched alkanes of at least 4 members (excludes halogenated alkanes) is 1. The van der Waals surface area contributed by atoms with Gasteiger partial charge in [0, 0.05) is 24.6 Å². The highest BCUT2D eigenvalue weighted by atomic mass is 15.4. The highest BCUT2D eigenvalue weighted by Gasteiger charge is 2.02. The van der Waals surface area contributed by atoms with Crippen LogP contribution in [0.2, 0.25) is 0 Å². The minimum Gasteiger partial charge on any atom is -0.252 e. The number of aryl methyl sites for hydroxylation is 2. The van der Waals surface area contributed by atoms with Crippen LogP contribution < -0.4 is 0 Å². The lowest BCUT2D eigenvalue weighted by Gasteiger charge is -2.06. The maximum atomic E-state index is 4.05. The monoisotopic (exact) mass is 219 g/mol. The van der Waals surface area contributed by atoms with Gasteiger partial charge in [-0.25, -0.2) is 0 Å². The second kappa shape index (κ2) is 5.69. The minimum atomic E-state index is 0.114. The molecule has 0 spiro atoms. The molecule has 0 aromatic carbocycles. The van der Waals surface area contributed by atoms with Gasteiger partial charge in [-0.2, -0.15) is 0 Å². The van der Waals surface area contributed by atoms with Crippen LogP contribution in [0.15, 0.2) is 6.20 Å². The lowest BCUT2D eigenvalue weighted by atomic mass is 9.98. The average Bonchev–Trinajstić information content (AvgIpc) is 2.63. The van der Waals surface area contributed by atoms with Crippen molar-refractivity contribution < 1.29 is 0 Å². The highest BCUT2D eigenvalue weighted by molar-refractivity contribution is 5.06. The average molecular weight is 219 g/mol. The molecule has 1 rings (SSSR count). The van der Waals surface area contributed by atoms with Gasteiger partial charge in [0.2, 0.25) is 0 Å². The van der Waals surface area contributed by atoms with Gasteiger partial charge in [-0.15, -0.1) is 11.0 Å². The molecule has 0 saturated heterocycles. The maximum absolute atomic E-state index is 4.05. The molecule has 0 aliphatic heterocycles. The molecule has 1 aromatic rings. The summed E-state index contributed by atoms with van der Waals surface area (Å²) < 4.78 is 1.90. The van der Waals surface area contributed by atoms with Crippen molar-refractivity contribution in [3.05, 3.63) is 11.9 Å². The van der Waals surface area contributed by atoms with Crippen LogP contribution in [0.5, 0.6) is 0 Å². The Labute approximate surface area is 98.2 Å². The Balaban J connectivity index is 2.27. The molecule has 0 amide bonds. The van der Waals surface area contributed by atoms with Crippen molar-refractivity contribution in [2.75, 3.05) is 0 Å². The van der Waals surface area contributed by atoms with Gasteiger partial charge in [0.25, 0.3) is 0 Å². The van der Waals surface area contributed by atoms with Crippen LogP contribution in [-0.2, 0) is 13.0 Å². The number of nitrogens with zero attached hydrogens (tertiary/aromatic N) is 3. The first kappa shape index (κ1) is 12.8. The van der Waals surface area contributed by atoms with E-state index in [0.29, 0.717) is 0 Å². The summed E-state index contributed by atoms with van der Waals surface area (Å²) in [6, 6.07) is 0. The predicted octanol–water partition coefficient (Wildman–Crippen LogP) is 2.67. The lowest BCUT2D eigenvalue weighted by Crippen LogP contribution is -2.00. The Morgan fingerprint density at radius 3 is 2.69 bits per heavy atom. The van der Waals surface area contributed by atoms with E-state index in [0.717, 1.165) is 31.5 Å². The zero-order valence-corrected chi connectivity index (χ0v) is 10.7. The second-order valence-corrected chi connectivity index (χ2v) is 4.98. The first-order valence-corrected chi connectivity index (χ1v) is 5.90. The van der Waals surface area contributed by atoms with E-state index in [2.05, 4.69) is 49.8 Å². The normalized spacial score (nSPS) is 11.0. The van der Waals surface area contributed by atoms with Gasteiger partial charge in [0.05, 0.1) is 5.69 Å². The third-order valence-corrected chi connectivity index (χ3v) is 2.10. The largest absolute Gasteiger partial charge is 0.252 e. The van der Waals surface area contributed by atoms with Crippen LogP contribution in [0, 0.1) is 17.3 Å². The standard InChI is InChI=1S/C13H21N3/c1-5-12-11-16(15-14-12)10-8-6-7-9-13(2,3)4/h11H,5-6,8,10H2,1-4H3. The molecule has 0 atom stereocenters. The summed E-state index contributed by atoms with van der Waals surface area (Å²) >= 11 is 0. The van der Waals surface area contributed by atoms with E-state index < -0.39 is 0 Å². The SMILES string of the molecule is CCc1cn(CCCC#CC(C)(C)C)nn1. The fourth-order valence-electron chi connectivity index (χ4n) is 1.27. The molecule has 0 saturated carbocycles. The zero-order chi connectivity index (χ0) is 12.0. The van der Waals surface area contributed by atoms with Crippen molar-refractivity contribution in [3.63, 3.8) is 0 Å². The van der Waals surface area contributed by atoms with Crippen LogP contribution >= 0.6 is 0 Å². The van der Waals surface area contributed by atoms with Gasteiger partial charge in [-0.05, 0) is 33.6 Å². The molecule has 1 aromatic heterocycles. The molecule has 0 aliphatic carbocycles. The first-order chi connectivity index (χ1) is 7.51. The quantitative estimate of drug-likeness (QED) is 0.576. The Morgan fingerprint density at radius 1 is 1.38 bits per heavy atom. The zero-order valence-electron chi connectivity index (χ0n) is 10.7. The van der Waals surface area contributed by atoms with Gasteiger partial charge >= 0.3 is 0 Å². The molecule has 3 nitrogen and oxygen atoms in total. The Hall–Kier alpha value is -1.30. The smallest absolute Gasteiger partial charge is 0.0824 e. The Bertz CT molecular complexity index is 374. The summed E-state index contributed by atoms with van der Waals surface area (Å²) in [5.41, 5.74) is 1.17. The minimum absolute atomic E-state index is 0.114. The second-order valence-electron chi connectivity index (χ2n) is 4.98. The van der Waals surface area contributed by atoms with E-state index >= 15 is 0 Å². The van der Waals surface area contributed by atoms with E-state index in [1.807, 2.05) is 10.9 Å². The van der Waals surface area contributed by atoms with Gasteiger partial charge < -0.3 is 0 Å². The third-order valence-electron chi connectivity index (χ3n) is 2.10. The number of aromatic nitrogens is 3. The van der Waals surface area contributed by atoms with E-state index in [1.165, 1.54) is 0 Å². The molecule has 0 radical (unpaired) electrons. The van der Waals surface area contributed by atoms with Crippen molar-refractivity contribution in [1.29, 1.82) is 0 Å². The molecular weight excluding hydrogens is 198 g/mol. The van der Waals surface area contributed by atoms with E-state index in [-0.39, 0.29) is 5.41 Å². The molecule has 1 heterocycles. The third kappa shape index (κ3) is 4.97. The summed E-state index contributed by atoms with van der Waals surface area (Å²) in [7, 11) is 0. The van der Waals surface area contributed by atoms with Gasteiger partial charge in [0.15, 0.2) is 0 Å². The molecule has 0 fully saturated rings. The van der Waals surface area contributed by atoms with Gasteiger partial charge in [-0.3, -0.25) is 4.68 Å². The molecule has 0 aliphatic rings. The molecule has 0 unspecified atom stereocenters. The number of rotatable bonds is 4. The lowest BCUT2D eigenvalue weighted by molar-refractivity contribution is 0.559. The van der Waals surface area contributed by atoms with E-state index in [4.69, 9.17) is 0 Å². The number of hydrogen-bond donors (Lipinski definition) is 0. The van der Waals surface area contributed by atoms with Crippen molar-refractivity contribution in [2.24, 2.45) is 5.41 Å². The number of hydrogen-bond acceptors (Lipinski definition) is 2. The van der Waals surface area contributed by atoms with Crippen LogP contribution in [0.3, 0.4) is 0 Å². The molecule has 0 N–H and O–H groups in total. The fraction of sp³-hybridized carbons (Fsp3) is 0.692. The van der Waals surface area contributed by atoms with E-state index in [9.17, 15) is 0 Å². The molecule has 16 heavy (non-hydrogen) atoms. The van der Waals surface area contributed by atoms with Crippen LogP contribution in [0.25, 0.3) is 0 Å². The topological polar surface area (TPSA) is 30.7 Å². The summed E-state index contributed by atoms with van der Waals surface area (Å²) in [6.45, 7) is 9.38. The summed E-state index contributed by atoms with van der Waals surface area (Å²) in [5.74, 6) is 6.43. The fourth-order valence-corrected chi connectivity index (χ4v) is 1.27. The van der Waals surface area contributed by atoms with Crippen molar-refractivity contribution in [3.8, 4) is 11.8 Å². The summed E-state index contributed by atoms with van der Waals surface area (Å²) in [4.78, 5) is 0. The molecule has 0 bridgehead atoms. The first-order valence-electron chi connectivity index (χ1n) is 5.90. The highest BCUT2D eigenvalue weighted by Crippen LogP contribution is 2.10. The van der Waals surface area contributed by atoms with Crippen molar-refractivity contribution >= 4 is 0 Å². The summed E-state index contributed by atoms with van der Waals surface area (Å²) in [6.07, 6.45) is 4.93. The molecule has 88 valence electrons. The van der Waals surface area contributed by atoms with Crippen LogP contribution in [0.1, 0.15) is 46.2 Å². The maximum Gasteiger partial charge on any atom is 0.0824 e. The van der Waals surface area contributed by atoms with Crippen molar-refractivity contribution in [2.45, 2.75) is 53.5 Å². The van der Waals surface area contributed by atoms with Crippen molar-refractivity contribution in [1.82, 2.24) is 15.0 Å². The van der Waals surface area contributed by atoms with Crippen LogP contribution in [-0.4, -0.2) is 15.0 Å². The van der Waals surface area contributed by atoms with Gasteiger partial charge in [-0.1, -0.05) is 18.1 Å². The van der Waals surface area contributed by atoms with Gasteiger partial charge in [0.1, 0.15) is 0 Å². The molecular formula is C13H21N3. The Morgan fingerprint density at radius 2 is 2.12 bits per heavy atom. The molecule has 3 heteroatoms. The van der Waals surface area contributed by atoms with Crippen LogP contribution in [0.4, 0.5) is 0 Å². The predicted molar refractivity (Wildman–Crippen MR) is 65.9 cm³/mol. The summed E-state index contributed by atoms with van der Waals surface area (Å²) in [5, 5.41) is 8.10. The Kier molecular flexibility index (Phi) is 4.54.